The lowest BCUT2D eigenvalue weighted by Gasteiger charge is -2.05. The fourth-order valence-corrected chi connectivity index (χ4v) is 1.77. The molecule has 0 amide bonds. The number of aldehydes is 1. The number of carbonyl (C=O) groups excluding carboxylic acids is 3. The third-order valence-corrected chi connectivity index (χ3v) is 2.57. The van der Waals surface area contributed by atoms with Crippen molar-refractivity contribution >= 4 is 18.2 Å². The van der Waals surface area contributed by atoms with Crippen molar-refractivity contribution in [1.29, 1.82) is 0 Å². The summed E-state index contributed by atoms with van der Waals surface area (Å²) in [5.74, 6) is -1.08. The predicted molar refractivity (Wildman–Crippen MR) is 67.2 cm³/mol. The van der Waals surface area contributed by atoms with Gasteiger partial charge in [0.25, 0.3) is 0 Å². The highest BCUT2D eigenvalue weighted by Gasteiger charge is 2.23. The highest BCUT2D eigenvalue weighted by Crippen LogP contribution is 2.19. The Morgan fingerprint density at radius 2 is 1.84 bits per heavy atom. The summed E-state index contributed by atoms with van der Waals surface area (Å²) < 4.78 is 9.71. The number of hydrogen-bond acceptors (Lipinski definition) is 5. The molecule has 104 valence electrons. The molecular weight excluding hydrogens is 250 g/mol. The van der Waals surface area contributed by atoms with Gasteiger partial charge in [0.2, 0.25) is 0 Å². The first kappa shape index (κ1) is 14.9. The van der Waals surface area contributed by atoms with Crippen LogP contribution in [-0.2, 0) is 20.7 Å². The molecule has 0 aliphatic carbocycles. The molecule has 6 heteroatoms. The number of aryl methyl sites for hydroxylation is 1. The number of H-pyrrole nitrogens is 1. The SMILES string of the molecule is CCOC(=O)Cc1c(C(=O)OCC)[nH]c(C)c1C=O. The van der Waals surface area contributed by atoms with Crippen LogP contribution in [0.4, 0.5) is 0 Å². The smallest absolute Gasteiger partial charge is 0.355 e. The summed E-state index contributed by atoms with van der Waals surface area (Å²) in [4.78, 5) is 37.1. The second kappa shape index (κ2) is 6.72. The van der Waals surface area contributed by atoms with Crippen LogP contribution < -0.4 is 0 Å². The molecule has 0 aromatic carbocycles. The topological polar surface area (TPSA) is 85.5 Å². The third-order valence-electron chi connectivity index (χ3n) is 2.57. The van der Waals surface area contributed by atoms with Crippen LogP contribution in [0.3, 0.4) is 0 Å². The average Bonchev–Trinajstić information content (AvgIpc) is 2.66. The van der Waals surface area contributed by atoms with Gasteiger partial charge in [-0.2, -0.15) is 0 Å². The minimum atomic E-state index is -0.585. The zero-order valence-corrected chi connectivity index (χ0v) is 11.2. The molecule has 1 heterocycles. The highest BCUT2D eigenvalue weighted by atomic mass is 16.5. The summed E-state index contributed by atoms with van der Waals surface area (Å²) in [6, 6.07) is 0. The van der Waals surface area contributed by atoms with E-state index in [-0.39, 0.29) is 25.3 Å². The van der Waals surface area contributed by atoms with E-state index in [1.807, 2.05) is 0 Å². The molecule has 1 N–H and O–H groups in total. The molecule has 0 atom stereocenters. The number of hydrogen-bond donors (Lipinski definition) is 1. The molecule has 0 bridgehead atoms. The maximum atomic E-state index is 11.8. The number of carbonyl (C=O) groups is 3. The van der Waals surface area contributed by atoms with Crippen LogP contribution in [0.1, 0.15) is 46.0 Å². The van der Waals surface area contributed by atoms with Gasteiger partial charge < -0.3 is 14.5 Å². The first-order valence-electron chi connectivity index (χ1n) is 6.04. The van der Waals surface area contributed by atoms with Gasteiger partial charge in [0.15, 0.2) is 6.29 Å². The number of nitrogens with one attached hydrogen (secondary N) is 1. The quantitative estimate of drug-likeness (QED) is 0.622. The minimum absolute atomic E-state index is 0.134. The predicted octanol–water partition coefficient (Wildman–Crippen LogP) is 1.42. The van der Waals surface area contributed by atoms with Crippen molar-refractivity contribution in [2.45, 2.75) is 27.2 Å². The van der Waals surface area contributed by atoms with Gasteiger partial charge >= 0.3 is 11.9 Å². The second-order valence-electron chi connectivity index (χ2n) is 3.84. The Bertz CT molecular complexity index is 489. The van der Waals surface area contributed by atoms with Gasteiger partial charge in [-0.1, -0.05) is 0 Å². The molecule has 0 saturated carbocycles. The fraction of sp³-hybridized carbons (Fsp3) is 0.462. The van der Waals surface area contributed by atoms with Crippen LogP contribution in [-0.4, -0.2) is 36.4 Å². The molecule has 1 rings (SSSR count). The van der Waals surface area contributed by atoms with E-state index in [1.165, 1.54) is 0 Å². The first-order chi connectivity index (χ1) is 9.04. The van der Waals surface area contributed by atoms with Crippen molar-refractivity contribution in [1.82, 2.24) is 4.98 Å². The first-order valence-corrected chi connectivity index (χ1v) is 6.04. The number of esters is 2. The molecule has 1 aromatic rings. The van der Waals surface area contributed by atoms with Gasteiger partial charge in [-0.25, -0.2) is 4.79 Å². The number of ether oxygens (including phenoxy) is 2. The lowest BCUT2D eigenvalue weighted by Crippen LogP contribution is -2.13. The molecule has 6 nitrogen and oxygen atoms in total. The highest BCUT2D eigenvalue weighted by molar-refractivity contribution is 5.95. The summed E-state index contributed by atoms with van der Waals surface area (Å²) in [5, 5.41) is 0. The Balaban J connectivity index is 3.13. The third kappa shape index (κ3) is 3.43. The minimum Gasteiger partial charge on any atom is -0.466 e. The summed E-state index contributed by atoms with van der Waals surface area (Å²) in [5.41, 5.74) is 1.28. The van der Waals surface area contributed by atoms with Gasteiger partial charge in [0, 0.05) is 16.8 Å². The average molecular weight is 267 g/mol. The van der Waals surface area contributed by atoms with Crippen LogP contribution in [0, 0.1) is 6.92 Å². The van der Waals surface area contributed by atoms with E-state index >= 15 is 0 Å². The number of aromatic nitrogens is 1. The zero-order chi connectivity index (χ0) is 14.4. The van der Waals surface area contributed by atoms with Gasteiger partial charge in [-0.3, -0.25) is 9.59 Å². The largest absolute Gasteiger partial charge is 0.466 e. The standard InChI is InChI=1S/C13H17NO5/c1-4-18-11(16)6-9-10(7-15)8(3)14-12(9)13(17)19-5-2/h7,14H,4-6H2,1-3H3. The maximum Gasteiger partial charge on any atom is 0.355 e. The van der Waals surface area contributed by atoms with Gasteiger partial charge in [0.05, 0.1) is 19.6 Å². The van der Waals surface area contributed by atoms with Crippen molar-refractivity contribution in [3.8, 4) is 0 Å². The molecular formula is C13H17NO5. The van der Waals surface area contributed by atoms with Crippen LogP contribution in [0.2, 0.25) is 0 Å². The van der Waals surface area contributed by atoms with E-state index in [2.05, 4.69) is 4.98 Å². The molecule has 19 heavy (non-hydrogen) atoms. The molecule has 0 unspecified atom stereocenters. The van der Waals surface area contributed by atoms with E-state index in [0.29, 0.717) is 23.1 Å². The maximum absolute atomic E-state index is 11.8. The van der Waals surface area contributed by atoms with Crippen molar-refractivity contribution in [3.63, 3.8) is 0 Å². The Hall–Kier alpha value is -2.11. The second-order valence-corrected chi connectivity index (χ2v) is 3.84. The van der Waals surface area contributed by atoms with Crippen molar-refractivity contribution < 1.29 is 23.9 Å². The summed E-state index contributed by atoms with van der Waals surface area (Å²) in [7, 11) is 0. The number of rotatable bonds is 6. The summed E-state index contributed by atoms with van der Waals surface area (Å²) in [6.45, 7) is 5.48. The lowest BCUT2D eigenvalue weighted by molar-refractivity contribution is -0.142. The molecule has 0 saturated heterocycles. The van der Waals surface area contributed by atoms with Gasteiger partial charge in [-0.05, 0) is 20.8 Å². The molecule has 0 fully saturated rings. The summed E-state index contributed by atoms with van der Waals surface area (Å²) >= 11 is 0. The van der Waals surface area contributed by atoms with Crippen LogP contribution in [0.25, 0.3) is 0 Å². The molecule has 0 radical (unpaired) electrons. The fourth-order valence-electron chi connectivity index (χ4n) is 1.77. The molecule has 0 aliphatic rings. The van der Waals surface area contributed by atoms with E-state index in [0.717, 1.165) is 0 Å². The molecule has 0 aliphatic heterocycles. The van der Waals surface area contributed by atoms with E-state index in [1.54, 1.807) is 20.8 Å². The van der Waals surface area contributed by atoms with Gasteiger partial charge in [-0.15, -0.1) is 0 Å². The van der Waals surface area contributed by atoms with Crippen molar-refractivity contribution in [2.75, 3.05) is 13.2 Å². The monoisotopic (exact) mass is 267 g/mol. The zero-order valence-electron chi connectivity index (χ0n) is 11.2. The van der Waals surface area contributed by atoms with E-state index < -0.39 is 11.9 Å². The van der Waals surface area contributed by atoms with Crippen LogP contribution >= 0.6 is 0 Å². The van der Waals surface area contributed by atoms with Crippen molar-refractivity contribution in [2.24, 2.45) is 0 Å². The number of aromatic amines is 1. The van der Waals surface area contributed by atoms with Crippen molar-refractivity contribution in [3.05, 3.63) is 22.5 Å². The van der Waals surface area contributed by atoms with E-state index in [9.17, 15) is 14.4 Å². The van der Waals surface area contributed by atoms with E-state index in [4.69, 9.17) is 9.47 Å². The molecule has 1 aromatic heterocycles. The normalized spacial score (nSPS) is 10.1. The summed E-state index contributed by atoms with van der Waals surface area (Å²) in [6.07, 6.45) is 0.476. The Kier molecular flexibility index (Phi) is 5.29. The Morgan fingerprint density at radius 3 is 2.37 bits per heavy atom. The Labute approximate surface area is 111 Å². The molecule has 0 spiro atoms. The van der Waals surface area contributed by atoms with Crippen LogP contribution in [0.5, 0.6) is 0 Å². The van der Waals surface area contributed by atoms with Crippen LogP contribution in [0.15, 0.2) is 0 Å². The van der Waals surface area contributed by atoms with Gasteiger partial charge in [0.1, 0.15) is 5.69 Å². The Morgan fingerprint density at radius 1 is 1.21 bits per heavy atom. The lowest BCUT2D eigenvalue weighted by atomic mass is 10.1.